The lowest BCUT2D eigenvalue weighted by Crippen LogP contribution is -2.15. The van der Waals surface area contributed by atoms with E-state index in [1.54, 1.807) is 0 Å². The highest BCUT2D eigenvalue weighted by Crippen LogP contribution is 2.25. The Morgan fingerprint density at radius 1 is 1.14 bits per heavy atom. The van der Waals surface area contributed by atoms with Crippen molar-refractivity contribution in [3.63, 3.8) is 0 Å². The van der Waals surface area contributed by atoms with Crippen molar-refractivity contribution in [2.24, 2.45) is 0 Å². The molecule has 0 aliphatic rings. The topological polar surface area (TPSA) is 26.3 Å². The first-order valence-electron chi connectivity index (χ1n) is 6.68. The maximum atomic E-state index is 12.0. The number of benzene rings is 2. The van der Waals surface area contributed by atoms with E-state index in [0.717, 1.165) is 27.0 Å². The Morgan fingerprint density at radius 3 is 2.33 bits per heavy atom. The molecule has 2 aromatic rings. The van der Waals surface area contributed by atoms with Crippen LogP contribution in [-0.2, 0) is 16.0 Å². The molecule has 0 heterocycles. The molecule has 2 aromatic carbocycles. The molecular weight excluding hydrogens is 352 g/mol. The van der Waals surface area contributed by atoms with Crippen molar-refractivity contribution in [1.29, 1.82) is 0 Å². The lowest BCUT2D eigenvalue weighted by Gasteiger charge is -2.15. The molecule has 0 fully saturated rings. The van der Waals surface area contributed by atoms with E-state index < -0.39 is 0 Å². The molecule has 0 N–H and O–H groups in total. The lowest BCUT2D eigenvalue weighted by molar-refractivity contribution is -0.142. The van der Waals surface area contributed by atoms with Crippen molar-refractivity contribution in [2.45, 2.75) is 18.8 Å². The van der Waals surface area contributed by atoms with Crippen molar-refractivity contribution < 1.29 is 9.53 Å². The molecule has 21 heavy (non-hydrogen) atoms. The summed E-state index contributed by atoms with van der Waals surface area (Å²) in [6, 6.07) is 15.5. The highest BCUT2D eigenvalue weighted by molar-refractivity contribution is 9.10. The second kappa shape index (κ2) is 7.62. The molecule has 4 heteroatoms. The second-order valence-electron chi connectivity index (χ2n) is 4.79. The van der Waals surface area contributed by atoms with E-state index in [0.29, 0.717) is 6.42 Å². The summed E-state index contributed by atoms with van der Waals surface area (Å²) in [5, 5.41) is 0.719. The Labute approximate surface area is 138 Å². The van der Waals surface area contributed by atoms with E-state index in [4.69, 9.17) is 16.3 Å². The zero-order chi connectivity index (χ0) is 15.2. The minimum atomic E-state index is -0.251. The van der Waals surface area contributed by atoms with Gasteiger partial charge in [-0.2, -0.15) is 0 Å². The first-order chi connectivity index (χ1) is 10.1. The summed E-state index contributed by atoms with van der Waals surface area (Å²) in [5.41, 5.74) is 2.13. The van der Waals surface area contributed by atoms with Gasteiger partial charge in [0.1, 0.15) is 0 Å². The third-order valence-electron chi connectivity index (χ3n) is 3.39. The van der Waals surface area contributed by atoms with Crippen molar-refractivity contribution >= 4 is 33.5 Å². The fourth-order valence-electron chi connectivity index (χ4n) is 2.22. The average Bonchev–Trinajstić information content (AvgIpc) is 2.50. The van der Waals surface area contributed by atoms with Gasteiger partial charge < -0.3 is 4.74 Å². The number of halogens is 2. The van der Waals surface area contributed by atoms with Crippen LogP contribution in [0.1, 0.15) is 23.5 Å². The van der Waals surface area contributed by atoms with Gasteiger partial charge in [-0.15, -0.1) is 0 Å². The summed E-state index contributed by atoms with van der Waals surface area (Å²) >= 11 is 9.28. The number of hydrogen-bond acceptors (Lipinski definition) is 2. The van der Waals surface area contributed by atoms with Crippen molar-refractivity contribution in [2.75, 3.05) is 7.11 Å². The lowest BCUT2D eigenvalue weighted by atomic mass is 9.92. The van der Waals surface area contributed by atoms with Gasteiger partial charge in [-0.25, -0.2) is 0 Å². The van der Waals surface area contributed by atoms with E-state index >= 15 is 0 Å². The molecular formula is C17H16BrClO2. The maximum Gasteiger partial charge on any atom is 0.313 e. The number of esters is 1. The summed E-state index contributed by atoms with van der Waals surface area (Å²) in [4.78, 5) is 12.0. The molecule has 0 amide bonds. The SMILES string of the molecule is COC(=O)C(CCc1ccc(Cl)cc1)c1ccc(Br)cc1. The molecule has 0 saturated heterocycles. The second-order valence-corrected chi connectivity index (χ2v) is 6.14. The van der Waals surface area contributed by atoms with E-state index in [1.807, 2.05) is 48.5 Å². The van der Waals surface area contributed by atoms with Crippen LogP contribution < -0.4 is 0 Å². The summed E-state index contributed by atoms with van der Waals surface area (Å²) in [6.45, 7) is 0. The smallest absolute Gasteiger partial charge is 0.313 e. The molecule has 0 spiro atoms. The number of ether oxygens (including phenoxy) is 1. The number of carbonyl (C=O) groups excluding carboxylic acids is 1. The van der Waals surface area contributed by atoms with Crippen molar-refractivity contribution in [3.8, 4) is 0 Å². The van der Waals surface area contributed by atoms with Gasteiger partial charge in [0.05, 0.1) is 13.0 Å². The van der Waals surface area contributed by atoms with Crippen molar-refractivity contribution in [1.82, 2.24) is 0 Å². The summed E-state index contributed by atoms with van der Waals surface area (Å²) < 4.78 is 5.93. The fourth-order valence-corrected chi connectivity index (χ4v) is 2.61. The van der Waals surface area contributed by atoms with Crippen molar-refractivity contribution in [3.05, 3.63) is 69.2 Å². The van der Waals surface area contributed by atoms with Crippen LogP contribution in [-0.4, -0.2) is 13.1 Å². The Morgan fingerprint density at radius 2 is 1.76 bits per heavy atom. The van der Waals surface area contributed by atoms with Gasteiger partial charge >= 0.3 is 5.97 Å². The van der Waals surface area contributed by atoms with Gasteiger partial charge in [0.25, 0.3) is 0 Å². The van der Waals surface area contributed by atoms with Gasteiger partial charge in [-0.05, 0) is 48.2 Å². The van der Waals surface area contributed by atoms with Crippen LogP contribution in [0.15, 0.2) is 53.0 Å². The molecule has 110 valence electrons. The Kier molecular flexibility index (Phi) is 5.83. The van der Waals surface area contributed by atoms with Crippen LogP contribution in [0.5, 0.6) is 0 Å². The van der Waals surface area contributed by atoms with Crippen LogP contribution in [0.4, 0.5) is 0 Å². The number of carbonyl (C=O) groups is 1. The van der Waals surface area contributed by atoms with E-state index in [9.17, 15) is 4.79 Å². The average molecular weight is 368 g/mol. The fraction of sp³-hybridized carbons (Fsp3) is 0.235. The van der Waals surface area contributed by atoms with Crippen LogP contribution in [0.3, 0.4) is 0 Å². The first-order valence-corrected chi connectivity index (χ1v) is 7.85. The third-order valence-corrected chi connectivity index (χ3v) is 4.17. The molecule has 2 nitrogen and oxygen atoms in total. The molecule has 1 unspecified atom stereocenters. The van der Waals surface area contributed by atoms with Gasteiger partial charge in [0.15, 0.2) is 0 Å². The summed E-state index contributed by atoms with van der Waals surface area (Å²) in [5.74, 6) is -0.454. The summed E-state index contributed by atoms with van der Waals surface area (Å²) in [6.07, 6.45) is 1.50. The Bertz CT molecular complexity index is 593. The summed E-state index contributed by atoms with van der Waals surface area (Å²) in [7, 11) is 1.43. The number of aryl methyl sites for hydroxylation is 1. The molecule has 0 aliphatic heterocycles. The zero-order valence-corrected chi connectivity index (χ0v) is 14.0. The standard InChI is InChI=1S/C17H16BrClO2/c1-21-17(20)16(13-5-7-14(18)8-6-13)11-4-12-2-9-15(19)10-3-12/h2-3,5-10,16H,4,11H2,1H3. The molecule has 0 radical (unpaired) electrons. The largest absolute Gasteiger partial charge is 0.469 e. The predicted octanol–water partition coefficient (Wildman–Crippen LogP) is 4.99. The number of rotatable bonds is 5. The first kappa shape index (κ1) is 16.1. The maximum absolute atomic E-state index is 12.0. The third kappa shape index (κ3) is 4.58. The molecule has 0 aliphatic carbocycles. The number of methoxy groups -OCH3 is 1. The van der Waals surface area contributed by atoms with Crippen LogP contribution in [0.2, 0.25) is 5.02 Å². The van der Waals surface area contributed by atoms with E-state index in [1.165, 1.54) is 7.11 Å². The predicted molar refractivity (Wildman–Crippen MR) is 88.7 cm³/mol. The molecule has 0 aromatic heterocycles. The van der Waals surface area contributed by atoms with Crippen LogP contribution >= 0.6 is 27.5 Å². The highest BCUT2D eigenvalue weighted by atomic mass is 79.9. The molecule has 2 rings (SSSR count). The minimum absolute atomic E-state index is 0.203. The quantitative estimate of drug-likeness (QED) is 0.696. The van der Waals surface area contributed by atoms with E-state index in [2.05, 4.69) is 15.9 Å². The zero-order valence-electron chi connectivity index (χ0n) is 11.7. The normalized spacial score (nSPS) is 12.0. The minimum Gasteiger partial charge on any atom is -0.469 e. The highest BCUT2D eigenvalue weighted by Gasteiger charge is 2.21. The molecule has 0 bridgehead atoms. The van der Waals surface area contributed by atoms with Gasteiger partial charge in [-0.3, -0.25) is 4.79 Å². The molecule has 1 atom stereocenters. The van der Waals surface area contributed by atoms with Gasteiger partial charge in [-0.1, -0.05) is 51.8 Å². The number of hydrogen-bond donors (Lipinski definition) is 0. The van der Waals surface area contributed by atoms with Gasteiger partial charge in [0.2, 0.25) is 0 Å². The Balaban J connectivity index is 2.11. The van der Waals surface area contributed by atoms with Crippen LogP contribution in [0.25, 0.3) is 0 Å². The van der Waals surface area contributed by atoms with Gasteiger partial charge in [0, 0.05) is 9.50 Å². The van der Waals surface area contributed by atoms with Crippen LogP contribution in [0, 0.1) is 0 Å². The molecule has 0 saturated carbocycles. The monoisotopic (exact) mass is 366 g/mol. The van der Waals surface area contributed by atoms with E-state index in [-0.39, 0.29) is 11.9 Å². The Hall–Kier alpha value is -1.32.